The number of amides is 3. The summed E-state index contributed by atoms with van der Waals surface area (Å²) in [7, 11) is -10.9. The van der Waals surface area contributed by atoms with Crippen molar-refractivity contribution in [3.8, 4) is 62.8 Å². The van der Waals surface area contributed by atoms with Gasteiger partial charge in [-0.25, -0.2) is 57.2 Å². The van der Waals surface area contributed by atoms with Crippen LogP contribution in [0, 0.1) is 67.8 Å². The lowest BCUT2D eigenvalue weighted by Crippen LogP contribution is -2.33. The van der Waals surface area contributed by atoms with Gasteiger partial charge in [-0.1, -0.05) is 107 Å². The third-order valence-electron chi connectivity index (χ3n) is 16.3. The predicted molar refractivity (Wildman–Crippen MR) is 436 cm³/mol. The lowest BCUT2D eigenvalue weighted by atomic mass is 10.0. The highest BCUT2D eigenvalue weighted by molar-refractivity contribution is 7.90. The summed E-state index contributed by atoms with van der Waals surface area (Å²) in [6.07, 6.45) is 3.04. The lowest BCUT2D eigenvalue weighted by Gasteiger charge is -2.23. The Balaban J connectivity index is 0.000000864. The van der Waals surface area contributed by atoms with Crippen LogP contribution in [-0.2, 0) is 30.1 Å². The van der Waals surface area contributed by atoms with E-state index in [9.17, 15) is 52.8 Å². The predicted octanol–water partition coefficient (Wildman–Crippen LogP) is 17.2. The van der Waals surface area contributed by atoms with Gasteiger partial charge in [0.2, 0.25) is 11.8 Å². The van der Waals surface area contributed by atoms with Crippen molar-refractivity contribution in [3.05, 3.63) is 197 Å². The number of carbonyl (C=O) groups is 3. The number of rotatable bonds is 33. The Morgan fingerprint density at radius 3 is 1.15 bits per heavy atom. The van der Waals surface area contributed by atoms with Gasteiger partial charge in [0.05, 0.1) is 49.1 Å². The van der Waals surface area contributed by atoms with Gasteiger partial charge in [0.15, 0.2) is 15.1 Å². The first kappa shape index (κ1) is 88.6. The molecule has 24 nitrogen and oxygen atoms in total. The van der Waals surface area contributed by atoms with E-state index in [0.717, 1.165) is 19.3 Å². The van der Waals surface area contributed by atoms with Gasteiger partial charge in [0.25, 0.3) is 47.8 Å². The molecule has 0 fully saturated rings. The third-order valence-corrected chi connectivity index (χ3v) is 20.0. The van der Waals surface area contributed by atoms with Crippen LogP contribution in [0.2, 0.25) is 0 Å². The zero-order valence-corrected chi connectivity index (χ0v) is 68.3. The highest BCUT2D eigenvalue weighted by atomic mass is 32.2. The van der Waals surface area contributed by atoms with Crippen molar-refractivity contribution in [1.29, 1.82) is 0 Å². The Hall–Kier alpha value is -10.6. The molecule has 6 heterocycles. The summed E-state index contributed by atoms with van der Waals surface area (Å²) in [4.78, 5) is 66.7. The fraction of sp³-hybridized carbons (Fsp3) is 0.378. The van der Waals surface area contributed by atoms with Gasteiger partial charge in [-0.2, -0.15) is 25.3 Å². The number of benzene rings is 3. The second kappa shape index (κ2) is 40.6. The van der Waals surface area contributed by atoms with Crippen molar-refractivity contribution in [2.24, 2.45) is 29.6 Å². The average molecular weight is 1610 g/mol. The van der Waals surface area contributed by atoms with Crippen LogP contribution in [0.3, 0.4) is 0 Å². The normalized spacial score (nSPS) is 12.1. The van der Waals surface area contributed by atoms with E-state index in [1.807, 2.05) is 80.9 Å². The largest absolute Gasteiger partial charge is 0.493 e. The summed E-state index contributed by atoms with van der Waals surface area (Å²) in [5.74, 6) is -1.74. The minimum Gasteiger partial charge on any atom is -0.493 e. The first-order chi connectivity index (χ1) is 52.8. The molecule has 30 heteroatoms. The van der Waals surface area contributed by atoms with Crippen LogP contribution in [0.15, 0.2) is 161 Å². The van der Waals surface area contributed by atoms with E-state index in [4.69, 9.17) is 23.7 Å². The van der Waals surface area contributed by atoms with Gasteiger partial charge >= 0.3 is 0 Å². The Morgan fingerprint density at radius 1 is 0.438 bits per heavy atom. The van der Waals surface area contributed by atoms with Crippen LogP contribution < -0.4 is 42.8 Å². The second-order valence-corrected chi connectivity index (χ2v) is 33.4. The number of ether oxygens (including phenoxy) is 5. The molecule has 3 amide bonds. The molecule has 0 aliphatic rings. The molecule has 0 bridgehead atoms. The Kier molecular flexibility index (Phi) is 32.1. The van der Waals surface area contributed by atoms with Crippen LogP contribution in [0.1, 0.15) is 165 Å². The maximum absolute atomic E-state index is 14.4. The third kappa shape index (κ3) is 26.6. The van der Waals surface area contributed by atoms with E-state index in [1.54, 1.807) is 87.3 Å². The summed E-state index contributed by atoms with van der Waals surface area (Å²) in [6.45, 7) is 31.0. The monoisotopic (exact) mass is 1610 g/mol. The Bertz CT molecular complexity index is 5150. The summed E-state index contributed by atoms with van der Waals surface area (Å²) < 4.78 is 155. The van der Waals surface area contributed by atoms with E-state index >= 15 is 0 Å². The number of aryl methyl sites for hydroxylation is 3. The first-order valence-electron chi connectivity index (χ1n) is 36.7. The number of aromatic nitrogens is 6. The molecule has 0 saturated carbocycles. The van der Waals surface area contributed by atoms with Crippen LogP contribution in [-0.4, -0.2) is 119 Å². The van der Waals surface area contributed by atoms with Crippen LogP contribution in [0.5, 0.6) is 29.0 Å². The van der Waals surface area contributed by atoms with Crippen LogP contribution in [0.4, 0.5) is 19.0 Å². The van der Waals surface area contributed by atoms with E-state index in [0.29, 0.717) is 101 Å². The minimum atomic E-state index is -4.25. The van der Waals surface area contributed by atoms with Crippen molar-refractivity contribution >= 4 is 53.6 Å². The maximum atomic E-state index is 14.4. The van der Waals surface area contributed by atoms with E-state index in [1.165, 1.54) is 91.0 Å². The summed E-state index contributed by atoms with van der Waals surface area (Å²) in [6, 6.07) is 35.2. The van der Waals surface area contributed by atoms with Crippen LogP contribution in [0.25, 0.3) is 33.8 Å². The van der Waals surface area contributed by atoms with Gasteiger partial charge in [0.1, 0.15) is 57.7 Å². The fourth-order valence-electron chi connectivity index (χ4n) is 10.6. The highest BCUT2D eigenvalue weighted by Crippen LogP contribution is 2.34. The standard InChI is InChI=1S/C29H36FN3O5S.C27H33FN4O4S.C26H30FN3O5S.6H2/c1-7-9-19(4)21(6)38-29-25(28(34)33-39(35,36)27-11-8-10-20(5)31-27)12-13-26(32-29)22-14-23(30)16-24(15-22)37-17-18(2)3;1-17(2)15-32(6)26-23(27(33)31-37(34,35)25-9-7-8-19(5)29-25)10-11-24(30-26)20-12-21(28)14-22(13-20)36-16-18(3)4;1-5-6-12-34-26-22(25(31)30-36(32,33)24-9-7-8-18(4)28-24)10-11-23(29-26)19-13-20(27)15-21(14-19)35-16-17(2)3;;;;;;/h8,10-16,18-19,21H,7,9,17H2,1-6H3,(H,33,34);7-14,17-18H,15-16H2,1-6H3,(H,31,33);7-11,13-15,17H,5-6,12,16H2,1-4H3,(H,30,31);6*1H. The molecule has 0 aliphatic heterocycles. The number of anilines is 1. The van der Waals surface area contributed by atoms with Gasteiger partial charge in [-0.05, 0) is 179 Å². The molecule has 0 saturated heterocycles. The molecule has 612 valence electrons. The molecule has 3 aromatic carbocycles. The topological polar surface area (TPSA) is 316 Å². The van der Waals surface area contributed by atoms with Crippen LogP contribution >= 0.6 is 0 Å². The second-order valence-electron chi connectivity index (χ2n) is 28.5. The average Bonchev–Trinajstić information content (AvgIpc) is 0.820. The fourth-order valence-corrected chi connectivity index (χ4v) is 13.6. The Morgan fingerprint density at radius 2 is 0.795 bits per heavy atom. The van der Waals surface area contributed by atoms with Crippen molar-refractivity contribution < 1.29 is 85.1 Å². The summed E-state index contributed by atoms with van der Waals surface area (Å²) in [5.41, 5.74) is 3.84. The molecule has 6 aromatic heterocycles. The molecular formula is C82H111F3N10O14S3. The number of hydrogen-bond donors (Lipinski definition) is 3. The number of hydrogen-bond acceptors (Lipinski definition) is 21. The number of pyridine rings is 6. The number of carbonyl (C=O) groups excluding carboxylic acids is 3. The SMILES string of the molecule is CCCC(C)C(C)Oc1nc(-c2cc(F)cc(OCC(C)C)c2)ccc1C(=O)NS(=O)(=O)c1cccc(C)n1.CCCCOc1nc(-c2cc(F)cc(OCC(C)C)c2)ccc1C(=O)NS(=O)(=O)c1cccc(C)n1.Cc1cccc(S(=O)(=O)NC(=O)c2ccc(-c3cc(F)cc(OCC(C)C)c3)nc2N(C)CC(C)C)n1.[HH].[HH].[HH].[HH].[HH].[HH]. The van der Waals surface area contributed by atoms with Gasteiger partial charge in [0, 0.05) is 74.1 Å². The minimum absolute atomic E-state index is 0. The Labute approximate surface area is 664 Å². The number of unbranched alkanes of at least 4 members (excludes halogenated alkanes) is 1. The van der Waals surface area contributed by atoms with E-state index in [2.05, 4.69) is 46.3 Å². The van der Waals surface area contributed by atoms with Gasteiger partial charge < -0.3 is 28.6 Å². The molecule has 112 heavy (non-hydrogen) atoms. The summed E-state index contributed by atoms with van der Waals surface area (Å²) >= 11 is 0. The molecular weight excluding hydrogens is 1500 g/mol. The maximum Gasteiger partial charge on any atom is 0.281 e. The first-order valence-corrected chi connectivity index (χ1v) is 41.2. The smallest absolute Gasteiger partial charge is 0.281 e. The zero-order chi connectivity index (χ0) is 82.4. The van der Waals surface area contributed by atoms with Crippen molar-refractivity contribution in [2.45, 2.75) is 151 Å². The van der Waals surface area contributed by atoms with E-state index in [-0.39, 0.29) is 100 Å². The highest BCUT2D eigenvalue weighted by Gasteiger charge is 2.29. The number of halogens is 3. The molecule has 2 atom stereocenters. The summed E-state index contributed by atoms with van der Waals surface area (Å²) in [5, 5.41) is -0.805. The van der Waals surface area contributed by atoms with Gasteiger partial charge in [-0.3, -0.25) is 14.4 Å². The molecule has 9 aromatic rings. The van der Waals surface area contributed by atoms with Crippen molar-refractivity contribution in [2.75, 3.05) is 44.9 Å². The molecule has 0 radical (unpaired) electrons. The zero-order valence-electron chi connectivity index (χ0n) is 65.9. The molecule has 3 N–H and O–H groups in total. The number of nitrogens with one attached hydrogen (secondary N) is 3. The van der Waals surface area contributed by atoms with Crippen molar-refractivity contribution in [3.63, 3.8) is 0 Å². The van der Waals surface area contributed by atoms with Crippen molar-refractivity contribution in [1.82, 2.24) is 44.1 Å². The molecule has 2 unspecified atom stereocenters. The lowest BCUT2D eigenvalue weighted by molar-refractivity contribution is 0.0959. The molecule has 0 aliphatic carbocycles. The number of sulfonamides is 3. The van der Waals surface area contributed by atoms with Gasteiger partial charge in [-0.15, -0.1) is 0 Å². The molecule has 0 spiro atoms. The van der Waals surface area contributed by atoms with E-state index < -0.39 is 65.2 Å². The quantitative estimate of drug-likeness (QED) is 0.0322. The molecule has 9 rings (SSSR count). The number of nitrogens with zero attached hydrogens (tertiary/aromatic N) is 7.